The summed E-state index contributed by atoms with van der Waals surface area (Å²) in [5.74, 6) is 0.190. The van der Waals surface area contributed by atoms with Crippen LogP contribution < -0.4 is 0 Å². The molecule has 0 saturated heterocycles. The van der Waals surface area contributed by atoms with E-state index in [1.165, 1.54) is 6.92 Å². The van der Waals surface area contributed by atoms with Crippen LogP contribution in [0.15, 0.2) is 12.2 Å². The fourth-order valence-corrected chi connectivity index (χ4v) is 7.50. The minimum Gasteiger partial charge on any atom is -0.462 e. The summed E-state index contributed by atoms with van der Waals surface area (Å²) in [5.41, 5.74) is 0.193. The molecule has 4 aliphatic carbocycles. The molecule has 2 bridgehead atoms. The smallest absolute Gasteiger partial charge is 0.302 e. The first-order valence-electron chi connectivity index (χ1n) is 9.92. The van der Waals surface area contributed by atoms with Crippen LogP contribution in [0.3, 0.4) is 0 Å². The molecule has 0 aromatic heterocycles. The van der Waals surface area contributed by atoms with Crippen LogP contribution in [0.1, 0.15) is 66.2 Å². The highest BCUT2D eigenvalue weighted by Crippen LogP contribution is 2.71. The van der Waals surface area contributed by atoms with E-state index in [2.05, 4.69) is 27.4 Å². The zero-order chi connectivity index (χ0) is 19.1. The van der Waals surface area contributed by atoms with Gasteiger partial charge in [-0.05, 0) is 42.4 Å². The minimum absolute atomic E-state index is 0.0333. The standard InChI is InChI=1S/C22H30O4/c1-12-9-22-10-14(12)15(24)8-17(22)21(5)18(25)6-7-20(3,4)19(21)16(11-22)26-13(2)23/h14,16-17,19H,1,6-11H2,2-5H3/t14-,16+,17+,19+,21-,22-/m1/s1. The van der Waals surface area contributed by atoms with Crippen molar-refractivity contribution < 1.29 is 19.1 Å². The van der Waals surface area contributed by atoms with Crippen LogP contribution in [0, 0.1) is 34.0 Å². The van der Waals surface area contributed by atoms with Gasteiger partial charge in [-0.3, -0.25) is 14.4 Å². The van der Waals surface area contributed by atoms with Crippen molar-refractivity contribution in [2.45, 2.75) is 72.3 Å². The van der Waals surface area contributed by atoms with E-state index in [0.717, 1.165) is 31.3 Å². The molecule has 0 aliphatic heterocycles. The summed E-state index contributed by atoms with van der Waals surface area (Å²) >= 11 is 0. The Hall–Kier alpha value is -1.45. The van der Waals surface area contributed by atoms with Crippen LogP contribution in [-0.4, -0.2) is 23.6 Å². The van der Waals surface area contributed by atoms with Gasteiger partial charge in [0.15, 0.2) is 0 Å². The number of hydrogen-bond acceptors (Lipinski definition) is 4. The van der Waals surface area contributed by atoms with Gasteiger partial charge in [0, 0.05) is 37.0 Å². The molecule has 0 unspecified atom stereocenters. The molecular weight excluding hydrogens is 328 g/mol. The first-order valence-corrected chi connectivity index (χ1v) is 9.92. The molecule has 6 atom stereocenters. The van der Waals surface area contributed by atoms with E-state index in [-0.39, 0.29) is 52.2 Å². The maximum absolute atomic E-state index is 13.3. The maximum atomic E-state index is 13.3. The lowest BCUT2D eigenvalue weighted by molar-refractivity contribution is -0.209. The number of allylic oxidation sites excluding steroid dienone is 1. The van der Waals surface area contributed by atoms with Crippen LogP contribution in [-0.2, 0) is 19.1 Å². The number of hydrogen-bond donors (Lipinski definition) is 0. The molecule has 4 saturated carbocycles. The normalized spacial score (nSPS) is 46.5. The fourth-order valence-electron chi connectivity index (χ4n) is 7.50. The van der Waals surface area contributed by atoms with E-state index in [9.17, 15) is 14.4 Å². The predicted octanol–water partition coefficient (Wildman–Crippen LogP) is 3.88. The highest BCUT2D eigenvalue weighted by Gasteiger charge is 2.70. The maximum Gasteiger partial charge on any atom is 0.302 e. The zero-order valence-corrected chi connectivity index (χ0v) is 16.4. The lowest BCUT2D eigenvalue weighted by Crippen LogP contribution is -2.65. The molecule has 0 N–H and O–H groups in total. The van der Waals surface area contributed by atoms with Gasteiger partial charge >= 0.3 is 5.97 Å². The van der Waals surface area contributed by atoms with Gasteiger partial charge in [0.1, 0.15) is 17.7 Å². The Bertz CT molecular complexity index is 720. The van der Waals surface area contributed by atoms with Gasteiger partial charge in [-0.1, -0.05) is 32.9 Å². The molecule has 0 aromatic rings. The molecule has 4 heteroatoms. The monoisotopic (exact) mass is 358 g/mol. The second kappa shape index (κ2) is 5.30. The number of esters is 1. The van der Waals surface area contributed by atoms with Crippen molar-refractivity contribution in [1.82, 2.24) is 0 Å². The van der Waals surface area contributed by atoms with E-state index < -0.39 is 5.41 Å². The molecule has 1 spiro atoms. The average molecular weight is 358 g/mol. The number of ether oxygens (including phenoxy) is 1. The minimum atomic E-state index is -0.606. The summed E-state index contributed by atoms with van der Waals surface area (Å²) in [4.78, 5) is 38.0. The molecule has 0 aromatic carbocycles. The summed E-state index contributed by atoms with van der Waals surface area (Å²) < 4.78 is 5.86. The molecule has 0 radical (unpaired) electrons. The van der Waals surface area contributed by atoms with E-state index in [0.29, 0.717) is 12.8 Å². The molecule has 26 heavy (non-hydrogen) atoms. The Kier molecular flexibility index (Phi) is 3.65. The number of fused-ring (bicyclic) bond motifs is 3. The van der Waals surface area contributed by atoms with Gasteiger partial charge in [0.05, 0.1) is 0 Å². The van der Waals surface area contributed by atoms with Crippen LogP contribution >= 0.6 is 0 Å². The second-order valence-electron chi connectivity index (χ2n) is 10.2. The first kappa shape index (κ1) is 17.9. The molecule has 4 aliphatic rings. The molecule has 4 rings (SSSR count). The van der Waals surface area contributed by atoms with Crippen molar-refractivity contribution >= 4 is 17.5 Å². The van der Waals surface area contributed by atoms with Crippen molar-refractivity contribution in [2.24, 2.45) is 34.0 Å². The van der Waals surface area contributed by atoms with E-state index >= 15 is 0 Å². The molecule has 4 fully saturated rings. The number of carbonyl (C=O) groups excluding carboxylic acids is 3. The van der Waals surface area contributed by atoms with E-state index in [1.807, 2.05) is 0 Å². The summed E-state index contributed by atoms with van der Waals surface area (Å²) in [5, 5.41) is 0. The van der Waals surface area contributed by atoms with Crippen molar-refractivity contribution in [3.63, 3.8) is 0 Å². The SMILES string of the molecule is C=C1C[C@]23C[C@H]1C(=O)C[C@H]2[C@]1(C)C(=O)CCC(C)(C)[C@@H]1[C@@H](OC(C)=O)C3. The van der Waals surface area contributed by atoms with Gasteiger partial charge in [0.2, 0.25) is 0 Å². The largest absolute Gasteiger partial charge is 0.462 e. The number of ketones is 2. The van der Waals surface area contributed by atoms with Crippen LogP contribution in [0.25, 0.3) is 0 Å². The Morgan fingerprint density at radius 1 is 1.19 bits per heavy atom. The third-order valence-electron chi connectivity index (χ3n) is 8.32. The zero-order valence-electron chi connectivity index (χ0n) is 16.4. The Morgan fingerprint density at radius 2 is 1.88 bits per heavy atom. The topological polar surface area (TPSA) is 60.4 Å². The summed E-state index contributed by atoms with van der Waals surface area (Å²) in [7, 11) is 0. The van der Waals surface area contributed by atoms with E-state index in [1.54, 1.807) is 0 Å². The third kappa shape index (κ3) is 2.16. The number of Topliss-reactive ketones (excluding diaryl/α,β-unsaturated/α-hetero) is 2. The van der Waals surface area contributed by atoms with Crippen LogP contribution in [0.4, 0.5) is 0 Å². The molecule has 142 valence electrons. The van der Waals surface area contributed by atoms with Gasteiger partial charge in [-0.15, -0.1) is 0 Å². The fraction of sp³-hybridized carbons (Fsp3) is 0.773. The summed E-state index contributed by atoms with van der Waals surface area (Å²) in [6, 6.07) is 0. The quantitative estimate of drug-likeness (QED) is 0.527. The second-order valence-corrected chi connectivity index (χ2v) is 10.2. The van der Waals surface area contributed by atoms with Crippen molar-refractivity contribution in [1.29, 1.82) is 0 Å². The van der Waals surface area contributed by atoms with Crippen LogP contribution in [0.5, 0.6) is 0 Å². The third-order valence-corrected chi connectivity index (χ3v) is 8.32. The molecule has 0 heterocycles. The highest BCUT2D eigenvalue weighted by molar-refractivity contribution is 5.91. The highest BCUT2D eigenvalue weighted by atomic mass is 16.5. The van der Waals surface area contributed by atoms with Crippen molar-refractivity contribution in [3.05, 3.63) is 12.2 Å². The first-order chi connectivity index (χ1) is 12.0. The molecule has 4 nitrogen and oxygen atoms in total. The number of rotatable bonds is 1. The van der Waals surface area contributed by atoms with Gasteiger partial charge in [-0.2, -0.15) is 0 Å². The van der Waals surface area contributed by atoms with Crippen molar-refractivity contribution in [2.75, 3.05) is 0 Å². The number of carbonyl (C=O) groups is 3. The van der Waals surface area contributed by atoms with Gasteiger partial charge < -0.3 is 4.74 Å². The molecule has 0 amide bonds. The van der Waals surface area contributed by atoms with Crippen LogP contribution in [0.2, 0.25) is 0 Å². The van der Waals surface area contributed by atoms with E-state index in [4.69, 9.17) is 4.74 Å². The Morgan fingerprint density at radius 3 is 2.54 bits per heavy atom. The predicted molar refractivity (Wildman–Crippen MR) is 97.2 cm³/mol. The molecular formula is C22H30O4. The van der Waals surface area contributed by atoms with Gasteiger partial charge in [0.25, 0.3) is 0 Å². The lowest BCUT2D eigenvalue weighted by atomic mass is 9.40. The Labute approximate surface area is 155 Å². The lowest BCUT2D eigenvalue weighted by Gasteiger charge is -2.64. The van der Waals surface area contributed by atoms with Crippen molar-refractivity contribution in [3.8, 4) is 0 Å². The summed E-state index contributed by atoms with van der Waals surface area (Å²) in [6.45, 7) is 12.1. The van der Waals surface area contributed by atoms with Gasteiger partial charge in [-0.25, -0.2) is 0 Å². The Balaban J connectivity index is 1.87. The average Bonchev–Trinajstić information content (AvgIpc) is 2.79. The summed E-state index contributed by atoms with van der Waals surface area (Å²) in [6.07, 6.45) is 3.92.